The first-order valence-electron chi connectivity index (χ1n) is 6.02. The quantitative estimate of drug-likeness (QED) is 0.644. The van der Waals surface area contributed by atoms with E-state index in [0.29, 0.717) is 24.3 Å². The Morgan fingerprint density at radius 3 is 2.58 bits per heavy atom. The molecule has 1 aliphatic rings. The van der Waals surface area contributed by atoms with Crippen LogP contribution in [0.15, 0.2) is 24.3 Å². The smallest absolute Gasteiger partial charge is 0.338 e. The van der Waals surface area contributed by atoms with E-state index in [0.717, 1.165) is 5.56 Å². The number of hydrogen-bond donors (Lipinski definition) is 1. The van der Waals surface area contributed by atoms with Gasteiger partial charge in [0.05, 0.1) is 24.3 Å². The molecule has 6 heteroatoms. The van der Waals surface area contributed by atoms with E-state index in [-0.39, 0.29) is 17.3 Å². The van der Waals surface area contributed by atoms with Gasteiger partial charge >= 0.3 is 5.97 Å². The summed E-state index contributed by atoms with van der Waals surface area (Å²) in [7, 11) is -1.12. The van der Waals surface area contributed by atoms with Crippen molar-refractivity contribution < 1.29 is 18.5 Å². The fourth-order valence-corrected chi connectivity index (χ4v) is 3.02. The van der Waals surface area contributed by atoms with Crippen LogP contribution in [0.1, 0.15) is 29.3 Å². The van der Waals surface area contributed by atoms with Crippen LogP contribution in [0.25, 0.3) is 0 Å². The van der Waals surface area contributed by atoms with Gasteiger partial charge in [-0.3, -0.25) is 9.00 Å². The number of benzene rings is 1. The lowest BCUT2D eigenvalue weighted by Gasteiger charge is -2.25. The summed E-state index contributed by atoms with van der Waals surface area (Å²) in [5.74, 6) is -0.0499. The van der Waals surface area contributed by atoms with Crippen LogP contribution in [0.2, 0.25) is 0 Å². The SMILES string of the molecule is CCOC(=O)c1ccc(CS(=O)C2CC(=O)N2)cc1. The minimum atomic E-state index is -1.12. The predicted octanol–water partition coefficient (Wildman–Crippen LogP) is 0.958. The van der Waals surface area contributed by atoms with Crippen molar-refractivity contribution in [3.05, 3.63) is 35.4 Å². The Hall–Kier alpha value is -1.69. The molecule has 0 saturated carbocycles. The number of rotatable bonds is 5. The summed E-state index contributed by atoms with van der Waals surface area (Å²) in [5.41, 5.74) is 1.35. The molecule has 0 aromatic heterocycles. The van der Waals surface area contributed by atoms with Gasteiger partial charge in [0.15, 0.2) is 0 Å². The molecule has 5 nitrogen and oxygen atoms in total. The lowest BCUT2D eigenvalue weighted by atomic mass is 10.1. The van der Waals surface area contributed by atoms with E-state index < -0.39 is 10.8 Å². The van der Waals surface area contributed by atoms with Crippen LogP contribution in [0, 0.1) is 0 Å². The Morgan fingerprint density at radius 2 is 2.05 bits per heavy atom. The highest BCUT2D eigenvalue weighted by Gasteiger charge is 2.30. The van der Waals surface area contributed by atoms with E-state index in [4.69, 9.17) is 4.74 Å². The van der Waals surface area contributed by atoms with Crippen molar-refractivity contribution in [1.29, 1.82) is 0 Å². The normalized spacial score (nSPS) is 19.2. The minimum Gasteiger partial charge on any atom is -0.462 e. The number of carbonyl (C=O) groups excluding carboxylic acids is 2. The standard InChI is InChI=1S/C13H15NO4S/c1-2-18-13(16)10-5-3-9(4-6-10)8-19(17)12-7-11(15)14-12/h3-6,12H,2,7-8H2,1H3,(H,14,15). The van der Waals surface area contributed by atoms with E-state index in [1.807, 2.05) is 0 Å². The second-order valence-corrected chi connectivity index (χ2v) is 5.82. The molecule has 1 aromatic rings. The highest BCUT2D eigenvalue weighted by Crippen LogP contribution is 2.14. The Bertz CT molecular complexity index is 504. The molecule has 1 fully saturated rings. The summed E-state index contributed by atoms with van der Waals surface area (Å²) in [6.45, 7) is 2.09. The molecular weight excluding hydrogens is 266 g/mol. The minimum absolute atomic E-state index is 0.0593. The van der Waals surface area contributed by atoms with E-state index in [2.05, 4.69) is 5.32 Å². The van der Waals surface area contributed by atoms with Crippen LogP contribution < -0.4 is 5.32 Å². The van der Waals surface area contributed by atoms with Crippen molar-refractivity contribution in [3.63, 3.8) is 0 Å². The highest BCUT2D eigenvalue weighted by molar-refractivity contribution is 7.85. The second-order valence-electron chi connectivity index (χ2n) is 4.20. The van der Waals surface area contributed by atoms with E-state index in [9.17, 15) is 13.8 Å². The zero-order valence-corrected chi connectivity index (χ0v) is 11.4. The van der Waals surface area contributed by atoms with Gasteiger partial charge < -0.3 is 10.1 Å². The number of ether oxygens (including phenoxy) is 1. The third-order valence-corrected chi connectivity index (χ3v) is 4.32. The molecule has 1 N–H and O–H groups in total. The monoisotopic (exact) mass is 281 g/mol. The molecule has 0 aliphatic carbocycles. The fraction of sp³-hybridized carbons (Fsp3) is 0.385. The van der Waals surface area contributed by atoms with Gasteiger partial charge in [0.2, 0.25) is 5.91 Å². The number of β-lactam (4-membered cyclic amide) rings is 1. The Kier molecular flexibility index (Phi) is 4.31. The third kappa shape index (κ3) is 3.41. The van der Waals surface area contributed by atoms with Crippen LogP contribution in [0.3, 0.4) is 0 Å². The van der Waals surface area contributed by atoms with Crippen LogP contribution >= 0.6 is 0 Å². The zero-order valence-electron chi connectivity index (χ0n) is 10.5. The molecular formula is C13H15NO4S. The van der Waals surface area contributed by atoms with Gasteiger partial charge in [-0.05, 0) is 24.6 Å². The van der Waals surface area contributed by atoms with Crippen molar-refractivity contribution in [2.24, 2.45) is 0 Å². The van der Waals surface area contributed by atoms with Crippen molar-refractivity contribution >= 4 is 22.7 Å². The number of carbonyl (C=O) groups is 2. The first kappa shape index (κ1) is 13.7. The maximum atomic E-state index is 11.9. The largest absolute Gasteiger partial charge is 0.462 e. The Morgan fingerprint density at radius 1 is 1.42 bits per heavy atom. The molecule has 0 radical (unpaired) electrons. The molecule has 0 spiro atoms. The average molecular weight is 281 g/mol. The summed E-state index contributed by atoms with van der Waals surface area (Å²) in [6, 6.07) is 6.82. The average Bonchev–Trinajstić information content (AvgIpc) is 2.36. The Labute approximate surface area is 113 Å². The summed E-state index contributed by atoms with van der Waals surface area (Å²) in [5, 5.41) is 2.36. The topological polar surface area (TPSA) is 72.5 Å². The van der Waals surface area contributed by atoms with Crippen LogP contribution in [-0.4, -0.2) is 28.1 Å². The molecule has 1 aliphatic heterocycles. The van der Waals surface area contributed by atoms with Gasteiger partial charge in [0.1, 0.15) is 5.37 Å². The fourth-order valence-electron chi connectivity index (χ4n) is 1.70. The third-order valence-electron chi connectivity index (χ3n) is 2.78. The first-order chi connectivity index (χ1) is 9.10. The summed E-state index contributed by atoms with van der Waals surface area (Å²) in [6.07, 6.45) is 0.327. The molecule has 1 aromatic carbocycles. The van der Waals surface area contributed by atoms with Crippen molar-refractivity contribution in [2.75, 3.05) is 6.61 Å². The van der Waals surface area contributed by atoms with Gasteiger partial charge in [-0.1, -0.05) is 12.1 Å². The highest BCUT2D eigenvalue weighted by atomic mass is 32.2. The number of esters is 1. The molecule has 19 heavy (non-hydrogen) atoms. The number of amides is 1. The molecule has 1 heterocycles. The molecule has 2 unspecified atom stereocenters. The van der Waals surface area contributed by atoms with Crippen LogP contribution in [-0.2, 0) is 26.1 Å². The molecule has 1 amide bonds. The Balaban J connectivity index is 1.93. The molecule has 2 rings (SSSR count). The number of hydrogen-bond acceptors (Lipinski definition) is 4. The molecule has 102 valence electrons. The lowest BCUT2D eigenvalue weighted by Crippen LogP contribution is -2.51. The van der Waals surface area contributed by atoms with Gasteiger partial charge in [-0.2, -0.15) is 0 Å². The van der Waals surface area contributed by atoms with Crippen LogP contribution in [0.4, 0.5) is 0 Å². The van der Waals surface area contributed by atoms with Gasteiger partial charge in [0, 0.05) is 10.8 Å². The summed E-state index contributed by atoms with van der Waals surface area (Å²) in [4.78, 5) is 22.2. The summed E-state index contributed by atoms with van der Waals surface area (Å²) < 4.78 is 16.7. The van der Waals surface area contributed by atoms with E-state index in [1.165, 1.54) is 0 Å². The maximum Gasteiger partial charge on any atom is 0.338 e. The lowest BCUT2D eigenvalue weighted by molar-refractivity contribution is -0.126. The van der Waals surface area contributed by atoms with Crippen molar-refractivity contribution in [2.45, 2.75) is 24.5 Å². The predicted molar refractivity (Wildman–Crippen MR) is 70.8 cm³/mol. The number of nitrogens with one attached hydrogen (secondary N) is 1. The van der Waals surface area contributed by atoms with E-state index >= 15 is 0 Å². The van der Waals surface area contributed by atoms with Gasteiger partial charge in [0.25, 0.3) is 0 Å². The molecule has 1 saturated heterocycles. The maximum absolute atomic E-state index is 11.9. The zero-order chi connectivity index (χ0) is 13.8. The van der Waals surface area contributed by atoms with Crippen LogP contribution in [0.5, 0.6) is 0 Å². The molecule has 2 atom stereocenters. The summed E-state index contributed by atoms with van der Waals surface area (Å²) >= 11 is 0. The van der Waals surface area contributed by atoms with Gasteiger partial charge in [-0.15, -0.1) is 0 Å². The van der Waals surface area contributed by atoms with E-state index in [1.54, 1.807) is 31.2 Å². The van der Waals surface area contributed by atoms with Crippen molar-refractivity contribution in [1.82, 2.24) is 5.32 Å². The van der Waals surface area contributed by atoms with Gasteiger partial charge in [-0.25, -0.2) is 4.79 Å². The van der Waals surface area contributed by atoms with Crippen molar-refractivity contribution in [3.8, 4) is 0 Å². The second kappa shape index (κ2) is 5.97. The molecule has 0 bridgehead atoms. The first-order valence-corrected chi connectivity index (χ1v) is 7.41.